The highest BCUT2D eigenvalue weighted by atomic mass is 79.9. The molecule has 274 valence electrons. The van der Waals surface area contributed by atoms with Crippen LogP contribution in [0.1, 0.15) is 49.4 Å². The van der Waals surface area contributed by atoms with Gasteiger partial charge in [0.1, 0.15) is 34.4 Å². The fraction of sp³-hybridized carbons (Fsp3) is 0.436. The van der Waals surface area contributed by atoms with Crippen LogP contribution in [0.15, 0.2) is 65.6 Å². The highest BCUT2D eigenvalue weighted by Gasteiger charge is 2.37. The number of ether oxygens (including phenoxy) is 3. The van der Waals surface area contributed by atoms with Crippen LogP contribution in [0.4, 0.5) is 14.5 Å². The van der Waals surface area contributed by atoms with Crippen LogP contribution in [0.3, 0.4) is 0 Å². The van der Waals surface area contributed by atoms with Gasteiger partial charge in [-0.3, -0.25) is 14.5 Å². The molecule has 3 fully saturated rings. The number of hydrogen-bond acceptors (Lipinski definition) is 6. The summed E-state index contributed by atoms with van der Waals surface area (Å²) in [7, 11) is 3.08. The van der Waals surface area contributed by atoms with Crippen molar-refractivity contribution in [3.8, 4) is 22.9 Å². The molecular formula is C39H47BrF2N4O5. The number of fused-ring (bicyclic) bond motifs is 4. The third-order valence-electron chi connectivity index (χ3n) is 10.3. The van der Waals surface area contributed by atoms with Gasteiger partial charge in [-0.25, -0.2) is 8.78 Å². The molecule has 0 N–H and O–H groups in total. The Bertz CT molecular complexity index is 1840. The van der Waals surface area contributed by atoms with Crippen molar-refractivity contribution >= 4 is 22.5 Å². The molecule has 9 nitrogen and oxygen atoms in total. The van der Waals surface area contributed by atoms with Gasteiger partial charge >= 0.3 is 0 Å². The molecule has 3 aliphatic rings. The van der Waals surface area contributed by atoms with Gasteiger partial charge in [0.25, 0.3) is 5.91 Å². The molecule has 3 saturated heterocycles. The Hall–Kier alpha value is -4.00. The summed E-state index contributed by atoms with van der Waals surface area (Å²) in [6, 6.07) is 13.3. The lowest BCUT2D eigenvalue weighted by molar-refractivity contribution is -0.941. The van der Waals surface area contributed by atoms with Crippen LogP contribution >= 0.6 is 0 Å². The first-order valence-corrected chi connectivity index (χ1v) is 17.6. The quantitative estimate of drug-likeness (QED) is 0.137. The van der Waals surface area contributed by atoms with Gasteiger partial charge in [0, 0.05) is 73.8 Å². The summed E-state index contributed by atoms with van der Waals surface area (Å²) < 4.78 is 48.5. The Morgan fingerprint density at radius 1 is 0.824 bits per heavy atom. The molecule has 0 spiro atoms. The predicted octanol–water partition coefficient (Wildman–Crippen LogP) is 3.43. The van der Waals surface area contributed by atoms with Crippen molar-refractivity contribution in [1.82, 2.24) is 9.47 Å². The van der Waals surface area contributed by atoms with Crippen molar-refractivity contribution in [3.05, 3.63) is 88.2 Å². The first kappa shape index (κ1) is 38.2. The van der Waals surface area contributed by atoms with E-state index in [0.717, 1.165) is 31.0 Å². The molecule has 3 aromatic carbocycles. The minimum Gasteiger partial charge on any atom is -1.00 e. The van der Waals surface area contributed by atoms with E-state index in [-0.39, 0.29) is 40.2 Å². The van der Waals surface area contributed by atoms with E-state index in [1.807, 2.05) is 0 Å². The first-order valence-electron chi connectivity index (χ1n) is 17.6. The van der Waals surface area contributed by atoms with Crippen molar-refractivity contribution in [3.63, 3.8) is 0 Å². The van der Waals surface area contributed by atoms with Gasteiger partial charge in [-0.1, -0.05) is 12.8 Å². The number of hydrogen-bond donors (Lipinski definition) is 0. The summed E-state index contributed by atoms with van der Waals surface area (Å²) in [6.07, 6.45) is 7.16. The van der Waals surface area contributed by atoms with E-state index in [2.05, 4.69) is 4.90 Å². The minimum absolute atomic E-state index is 0. The molecule has 2 bridgehead atoms. The fourth-order valence-electron chi connectivity index (χ4n) is 7.31. The second kappa shape index (κ2) is 17.0. The molecule has 0 unspecified atom stereocenters. The third kappa shape index (κ3) is 8.73. The van der Waals surface area contributed by atoms with Gasteiger partial charge in [0.15, 0.2) is 0 Å². The molecular weight excluding hydrogens is 722 g/mol. The molecule has 3 aliphatic heterocycles. The molecule has 4 heterocycles. The molecule has 1 amide bonds. The van der Waals surface area contributed by atoms with Gasteiger partial charge in [0.2, 0.25) is 5.43 Å². The summed E-state index contributed by atoms with van der Waals surface area (Å²) >= 11 is 0. The molecule has 0 aliphatic carbocycles. The third-order valence-corrected chi connectivity index (χ3v) is 10.3. The van der Waals surface area contributed by atoms with Crippen molar-refractivity contribution in [2.45, 2.75) is 39.0 Å². The number of carbonyl (C=O) groups excluding carboxylic acids is 1. The van der Waals surface area contributed by atoms with Crippen molar-refractivity contribution in [2.24, 2.45) is 0 Å². The van der Waals surface area contributed by atoms with E-state index in [0.29, 0.717) is 35.1 Å². The van der Waals surface area contributed by atoms with Gasteiger partial charge < -0.3 is 45.1 Å². The van der Waals surface area contributed by atoms with Crippen LogP contribution < -0.4 is 41.5 Å². The van der Waals surface area contributed by atoms with Crippen molar-refractivity contribution in [1.29, 1.82) is 0 Å². The van der Waals surface area contributed by atoms with Crippen molar-refractivity contribution < 1.29 is 49.3 Å². The summed E-state index contributed by atoms with van der Waals surface area (Å²) in [5.41, 5.74) is 0.447. The Kier molecular flexibility index (Phi) is 12.8. The number of carbonyl (C=O) groups is 1. The number of rotatable bonds is 15. The van der Waals surface area contributed by atoms with Gasteiger partial charge in [0.05, 0.1) is 58.2 Å². The maximum absolute atomic E-state index is 14.1. The second-order valence-corrected chi connectivity index (χ2v) is 13.4. The topological polar surface area (TPSA) is 73.2 Å². The number of unbranched alkanes of at least 4 members (excludes halogenated alkanes) is 4. The van der Waals surface area contributed by atoms with Crippen molar-refractivity contribution in [2.75, 3.05) is 78.1 Å². The Morgan fingerprint density at radius 2 is 1.45 bits per heavy atom. The number of nitrogens with zero attached hydrogens (tertiary/aromatic N) is 4. The number of amides is 1. The van der Waals surface area contributed by atoms with Crippen LogP contribution in [0.5, 0.6) is 17.2 Å². The number of aromatic nitrogens is 1. The fourth-order valence-corrected chi connectivity index (χ4v) is 7.31. The van der Waals surface area contributed by atoms with E-state index in [1.165, 1.54) is 94.9 Å². The second-order valence-electron chi connectivity index (χ2n) is 13.4. The summed E-state index contributed by atoms with van der Waals surface area (Å²) in [5, 5.41) is 0.285. The van der Waals surface area contributed by atoms with Crippen LogP contribution in [0.2, 0.25) is 0 Å². The van der Waals surface area contributed by atoms with Gasteiger partial charge in [-0.2, -0.15) is 0 Å². The predicted molar refractivity (Wildman–Crippen MR) is 191 cm³/mol. The largest absolute Gasteiger partial charge is 1.00 e. The lowest BCUT2D eigenvalue weighted by Crippen LogP contribution is -3.00. The molecule has 0 saturated carbocycles. The average molecular weight is 770 g/mol. The maximum Gasteiger partial charge on any atom is 0.263 e. The van der Waals surface area contributed by atoms with Gasteiger partial charge in [-0.15, -0.1) is 0 Å². The number of benzene rings is 3. The summed E-state index contributed by atoms with van der Waals surface area (Å²) in [6.45, 7) is 11.3. The average Bonchev–Trinajstić information content (AvgIpc) is 3.13. The number of piperazine rings is 3. The first-order chi connectivity index (χ1) is 24.2. The van der Waals surface area contributed by atoms with Gasteiger partial charge in [-0.05, 0) is 50.5 Å². The van der Waals surface area contributed by atoms with E-state index < -0.39 is 23.0 Å². The molecule has 1 aromatic heterocycles. The number of anilines is 1. The lowest BCUT2D eigenvalue weighted by Gasteiger charge is -2.50. The molecule has 7 rings (SSSR count). The molecule has 12 heteroatoms. The zero-order chi connectivity index (χ0) is 35.3. The molecule has 4 aromatic rings. The molecule has 0 atom stereocenters. The zero-order valence-corrected chi connectivity index (χ0v) is 31.2. The molecule has 51 heavy (non-hydrogen) atoms. The monoisotopic (exact) mass is 768 g/mol. The van der Waals surface area contributed by atoms with Crippen LogP contribution in [0, 0.1) is 11.6 Å². The Morgan fingerprint density at radius 3 is 2.08 bits per heavy atom. The highest BCUT2D eigenvalue weighted by Crippen LogP contribution is 2.30. The van der Waals surface area contributed by atoms with Crippen LogP contribution in [-0.4, -0.2) is 93.0 Å². The smallest absolute Gasteiger partial charge is 0.263 e. The zero-order valence-electron chi connectivity index (χ0n) is 29.6. The number of quaternary nitrogens is 1. The summed E-state index contributed by atoms with van der Waals surface area (Å²) in [5.74, 6) is -0.699. The number of methoxy groups -OCH3 is 2. The minimum atomic E-state index is -0.822. The van der Waals surface area contributed by atoms with E-state index in [1.54, 1.807) is 47.9 Å². The number of pyridine rings is 1. The Balaban J connectivity index is 0.00000504. The highest BCUT2D eigenvalue weighted by molar-refractivity contribution is 6.07. The van der Waals surface area contributed by atoms with E-state index >= 15 is 0 Å². The van der Waals surface area contributed by atoms with Crippen LogP contribution in [0.25, 0.3) is 16.6 Å². The summed E-state index contributed by atoms with van der Waals surface area (Å²) in [4.78, 5) is 31.6. The lowest BCUT2D eigenvalue weighted by atomic mass is 10.1. The van der Waals surface area contributed by atoms with E-state index in [9.17, 15) is 18.4 Å². The molecule has 0 radical (unpaired) electrons. The Labute approximate surface area is 308 Å². The van der Waals surface area contributed by atoms with Crippen LogP contribution in [-0.2, 0) is 0 Å². The normalized spacial score (nSPS) is 17.9. The SMILES string of the molecule is CCN(C(=O)c1cn(-c2cc(OC)cc(OC)c2)c2cc(OCCCCCCC[N+]34CCN(CC3)CC4)ccc2c1=O)c1cc(F)cc(F)c1.[Br-]. The maximum atomic E-state index is 14.1. The van der Waals surface area contributed by atoms with E-state index in [4.69, 9.17) is 14.2 Å². The standard InChI is InChI=1S/C39H47F2N4O5.BrH/c1-4-43(30-21-28(40)20-29(41)22-30)39(47)36-27-44(31-23-33(48-2)25-34(24-31)49-3)37-26-32(10-11-35(37)38(36)46)50-19-9-7-5-6-8-15-45-16-12-42(13-17-45)14-18-45;/h10-11,20-27H,4-9,12-19H2,1-3H3;1H/q+1;/p-1. The number of halogens is 3.